The Bertz CT molecular complexity index is 968. The fourth-order valence-corrected chi connectivity index (χ4v) is 3.62. The Balaban J connectivity index is 1.57. The van der Waals surface area contributed by atoms with Crippen LogP contribution in [-0.4, -0.2) is 29.6 Å². The second-order valence-electron chi connectivity index (χ2n) is 6.57. The van der Waals surface area contributed by atoms with E-state index >= 15 is 0 Å². The zero-order chi connectivity index (χ0) is 21.3. The van der Waals surface area contributed by atoms with Crippen LogP contribution in [0.25, 0.3) is 0 Å². The van der Waals surface area contributed by atoms with Crippen molar-refractivity contribution in [3.05, 3.63) is 63.7 Å². The summed E-state index contributed by atoms with van der Waals surface area (Å²) in [5.74, 6) is 2.80. The van der Waals surface area contributed by atoms with Gasteiger partial charge < -0.3 is 20.1 Å². The van der Waals surface area contributed by atoms with Crippen LogP contribution in [0.4, 0.5) is 0 Å². The predicted molar refractivity (Wildman–Crippen MR) is 121 cm³/mol. The zero-order valence-electron chi connectivity index (χ0n) is 17.7. The third-order valence-corrected chi connectivity index (χ3v) is 5.33. The van der Waals surface area contributed by atoms with E-state index in [0.29, 0.717) is 24.7 Å². The molecule has 0 aliphatic rings. The predicted octanol–water partition coefficient (Wildman–Crippen LogP) is 4.21. The number of hydrogen-bond donors (Lipinski definition) is 2. The van der Waals surface area contributed by atoms with Crippen LogP contribution in [-0.2, 0) is 13.1 Å². The van der Waals surface area contributed by atoms with Gasteiger partial charge in [0.2, 0.25) is 5.88 Å². The van der Waals surface area contributed by atoms with Gasteiger partial charge >= 0.3 is 0 Å². The molecular formula is C22H27N5O2S. The normalized spacial score (nSPS) is 11.3. The molecule has 0 unspecified atom stereocenters. The first kappa shape index (κ1) is 21.6. The summed E-state index contributed by atoms with van der Waals surface area (Å²) in [6, 6.07) is 11.2. The number of pyridine rings is 1. The molecule has 8 heteroatoms. The molecule has 0 aliphatic carbocycles. The van der Waals surface area contributed by atoms with E-state index in [9.17, 15) is 0 Å². The molecule has 0 aliphatic heterocycles. The third kappa shape index (κ3) is 6.18. The quantitative estimate of drug-likeness (QED) is 0.416. The van der Waals surface area contributed by atoms with E-state index in [1.807, 2.05) is 57.2 Å². The number of ether oxygens (including phenoxy) is 2. The van der Waals surface area contributed by atoms with Crippen molar-refractivity contribution >= 4 is 17.3 Å². The maximum absolute atomic E-state index is 5.77. The summed E-state index contributed by atoms with van der Waals surface area (Å²) in [7, 11) is 1.64. The number of aliphatic imine (C=N–C) groups is 1. The Morgan fingerprint density at radius 1 is 1.07 bits per heavy atom. The van der Waals surface area contributed by atoms with Gasteiger partial charge in [0.05, 0.1) is 30.9 Å². The number of nitrogens with zero attached hydrogens (tertiary/aromatic N) is 3. The highest BCUT2D eigenvalue weighted by atomic mass is 32.1. The number of hydrogen-bond acceptors (Lipinski definition) is 6. The molecule has 0 bridgehead atoms. The fraction of sp³-hybridized carbons (Fsp3) is 0.318. The van der Waals surface area contributed by atoms with Crippen molar-refractivity contribution in [3.63, 3.8) is 0 Å². The van der Waals surface area contributed by atoms with Gasteiger partial charge in [-0.3, -0.25) is 0 Å². The first-order valence-corrected chi connectivity index (χ1v) is 10.6. The molecule has 0 spiro atoms. The number of methoxy groups -OCH3 is 1. The highest BCUT2D eigenvalue weighted by Gasteiger charge is 2.06. The second-order valence-corrected chi connectivity index (χ2v) is 7.86. The number of rotatable bonds is 8. The van der Waals surface area contributed by atoms with Gasteiger partial charge in [0.15, 0.2) is 5.96 Å². The van der Waals surface area contributed by atoms with Crippen LogP contribution in [0.1, 0.15) is 28.1 Å². The number of nitrogens with one attached hydrogen (secondary N) is 2. The van der Waals surface area contributed by atoms with Gasteiger partial charge in [0.1, 0.15) is 11.5 Å². The Labute approximate surface area is 181 Å². The highest BCUT2D eigenvalue weighted by molar-refractivity contribution is 7.11. The number of aryl methyl sites for hydroxylation is 2. The molecule has 7 nitrogen and oxygen atoms in total. The summed E-state index contributed by atoms with van der Waals surface area (Å²) in [5.41, 5.74) is 2.07. The Kier molecular flexibility index (Phi) is 7.62. The maximum atomic E-state index is 5.77. The van der Waals surface area contributed by atoms with E-state index in [2.05, 4.69) is 25.6 Å². The zero-order valence-corrected chi connectivity index (χ0v) is 18.5. The van der Waals surface area contributed by atoms with Crippen LogP contribution < -0.4 is 20.1 Å². The lowest BCUT2D eigenvalue weighted by atomic mass is 10.3. The third-order valence-electron chi connectivity index (χ3n) is 4.26. The summed E-state index contributed by atoms with van der Waals surface area (Å²) >= 11 is 1.71. The molecule has 3 rings (SSSR count). The molecule has 3 aromatic rings. The summed E-state index contributed by atoms with van der Waals surface area (Å²) in [4.78, 5) is 14.7. The van der Waals surface area contributed by atoms with Gasteiger partial charge in [-0.1, -0.05) is 6.07 Å². The number of benzene rings is 1. The molecule has 30 heavy (non-hydrogen) atoms. The van der Waals surface area contributed by atoms with E-state index in [0.717, 1.165) is 34.5 Å². The molecule has 1 aromatic carbocycles. The van der Waals surface area contributed by atoms with Gasteiger partial charge in [-0.15, -0.1) is 11.3 Å². The lowest BCUT2D eigenvalue weighted by molar-refractivity contribution is 0.412. The Hall–Kier alpha value is -3.13. The van der Waals surface area contributed by atoms with Crippen molar-refractivity contribution in [1.29, 1.82) is 0 Å². The van der Waals surface area contributed by atoms with E-state index in [4.69, 9.17) is 9.47 Å². The molecule has 2 aromatic heterocycles. The van der Waals surface area contributed by atoms with Crippen molar-refractivity contribution in [3.8, 4) is 17.4 Å². The smallest absolute Gasteiger partial charge is 0.219 e. The topological polar surface area (TPSA) is 80.7 Å². The molecular weight excluding hydrogens is 398 g/mol. The lowest BCUT2D eigenvalue weighted by Gasteiger charge is -2.11. The molecule has 0 saturated heterocycles. The molecule has 0 amide bonds. The highest BCUT2D eigenvalue weighted by Crippen LogP contribution is 2.22. The molecule has 0 radical (unpaired) electrons. The van der Waals surface area contributed by atoms with Crippen molar-refractivity contribution in [2.75, 3.05) is 13.7 Å². The average molecular weight is 426 g/mol. The van der Waals surface area contributed by atoms with Crippen LogP contribution in [0.3, 0.4) is 0 Å². The summed E-state index contributed by atoms with van der Waals surface area (Å²) in [5, 5.41) is 7.72. The Morgan fingerprint density at radius 2 is 1.83 bits per heavy atom. The van der Waals surface area contributed by atoms with Gasteiger partial charge in [0.25, 0.3) is 0 Å². The number of aromatic nitrogens is 2. The van der Waals surface area contributed by atoms with Crippen molar-refractivity contribution < 1.29 is 9.47 Å². The van der Waals surface area contributed by atoms with E-state index in [-0.39, 0.29) is 0 Å². The largest absolute Gasteiger partial charge is 0.497 e. The van der Waals surface area contributed by atoms with Crippen LogP contribution in [0.2, 0.25) is 0 Å². The molecule has 158 valence electrons. The van der Waals surface area contributed by atoms with E-state index in [1.54, 1.807) is 24.6 Å². The molecule has 2 N–H and O–H groups in total. The average Bonchev–Trinajstić information content (AvgIpc) is 3.08. The molecule has 2 heterocycles. The van der Waals surface area contributed by atoms with Crippen LogP contribution in [0.5, 0.6) is 17.4 Å². The summed E-state index contributed by atoms with van der Waals surface area (Å²) in [6.45, 7) is 8.12. The minimum Gasteiger partial charge on any atom is -0.497 e. The second kappa shape index (κ2) is 10.6. The van der Waals surface area contributed by atoms with Crippen molar-refractivity contribution in [2.45, 2.75) is 33.9 Å². The van der Waals surface area contributed by atoms with Gasteiger partial charge in [-0.2, -0.15) is 0 Å². The monoisotopic (exact) mass is 425 g/mol. The van der Waals surface area contributed by atoms with Gasteiger partial charge in [-0.05, 0) is 50.6 Å². The maximum Gasteiger partial charge on any atom is 0.219 e. The van der Waals surface area contributed by atoms with E-state index < -0.39 is 0 Å². The molecule has 0 saturated carbocycles. The van der Waals surface area contributed by atoms with Crippen LogP contribution in [0.15, 0.2) is 47.6 Å². The Morgan fingerprint density at radius 3 is 2.43 bits per heavy atom. The first-order chi connectivity index (χ1) is 14.6. The minimum atomic E-state index is 0.520. The van der Waals surface area contributed by atoms with Crippen molar-refractivity contribution in [2.24, 2.45) is 4.99 Å². The minimum absolute atomic E-state index is 0.520. The number of guanidine groups is 1. The summed E-state index contributed by atoms with van der Waals surface area (Å²) < 4.78 is 10.9. The number of thiazole rings is 1. The van der Waals surface area contributed by atoms with E-state index in [1.165, 1.54) is 4.88 Å². The van der Waals surface area contributed by atoms with Gasteiger partial charge in [-0.25, -0.2) is 15.0 Å². The summed E-state index contributed by atoms with van der Waals surface area (Å²) in [6.07, 6.45) is 1.78. The fourth-order valence-electron chi connectivity index (χ4n) is 2.74. The first-order valence-electron chi connectivity index (χ1n) is 9.79. The van der Waals surface area contributed by atoms with Crippen molar-refractivity contribution in [1.82, 2.24) is 20.6 Å². The molecule has 0 atom stereocenters. The van der Waals surface area contributed by atoms with Crippen LogP contribution >= 0.6 is 11.3 Å². The van der Waals surface area contributed by atoms with Crippen LogP contribution in [0, 0.1) is 13.8 Å². The lowest BCUT2D eigenvalue weighted by Crippen LogP contribution is -2.36. The standard InChI is InChI=1S/C22H27N5O2S/c1-5-23-22(26-14-20-15(2)27-16(3)30-20)25-13-17-6-11-21(24-12-17)29-19-9-7-18(28-4)8-10-19/h6-12H,5,13-14H2,1-4H3,(H2,23,25,26). The SMILES string of the molecule is CCNC(=NCc1ccc(Oc2ccc(OC)cc2)nc1)NCc1sc(C)nc1C. The van der Waals surface area contributed by atoms with Gasteiger partial charge in [0, 0.05) is 23.7 Å². The molecule has 0 fully saturated rings.